The summed E-state index contributed by atoms with van der Waals surface area (Å²) in [6.45, 7) is 8.04. The van der Waals surface area contributed by atoms with E-state index in [0.717, 1.165) is 19.3 Å². The Morgan fingerprint density at radius 1 is 1.12 bits per heavy atom. The van der Waals surface area contributed by atoms with Crippen molar-refractivity contribution in [3.8, 4) is 0 Å². The Kier molecular flexibility index (Phi) is 6.28. The Morgan fingerprint density at radius 2 is 1.88 bits per heavy atom. The predicted molar refractivity (Wildman–Crippen MR) is 69.5 cm³/mol. The van der Waals surface area contributed by atoms with Crippen molar-refractivity contribution < 1.29 is 4.74 Å². The first-order chi connectivity index (χ1) is 7.86. The molecule has 0 fully saturated rings. The van der Waals surface area contributed by atoms with Crippen molar-refractivity contribution in [3.63, 3.8) is 0 Å². The van der Waals surface area contributed by atoms with Crippen molar-refractivity contribution in [3.05, 3.63) is 61.2 Å². The average molecular weight is 216 g/mol. The highest BCUT2D eigenvalue weighted by atomic mass is 16.5. The maximum Gasteiger partial charge on any atom is 0.0648 e. The summed E-state index contributed by atoms with van der Waals surface area (Å²) in [4.78, 5) is 0. The van der Waals surface area contributed by atoms with Crippen molar-refractivity contribution in [1.82, 2.24) is 0 Å². The molecule has 0 aliphatic heterocycles. The molecule has 0 saturated heterocycles. The minimum Gasteiger partial charge on any atom is -0.374 e. The van der Waals surface area contributed by atoms with Crippen LogP contribution in [0.15, 0.2) is 55.6 Å². The molecule has 0 heterocycles. The van der Waals surface area contributed by atoms with E-state index in [1.165, 1.54) is 5.56 Å². The van der Waals surface area contributed by atoms with Crippen LogP contribution in [-0.2, 0) is 11.2 Å². The number of hydrogen-bond acceptors (Lipinski definition) is 1. The smallest absolute Gasteiger partial charge is 0.0648 e. The Balaban J connectivity index is 2.36. The lowest BCUT2D eigenvalue weighted by molar-refractivity contribution is 0.0705. The third-order valence-corrected chi connectivity index (χ3v) is 2.48. The summed E-state index contributed by atoms with van der Waals surface area (Å²) in [6, 6.07) is 10.5. The van der Waals surface area contributed by atoms with Gasteiger partial charge in [0.05, 0.1) is 12.7 Å². The fourth-order valence-electron chi connectivity index (χ4n) is 1.63. The molecular weight excluding hydrogens is 196 g/mol. The largest absolute Gasteiger partial charge is 0.374 e. The van der Waals surface area contributed by atoms with Crippen molar-refractivity contribution in [2.75, 3.05) is 6.61 Å². The Hall–Kier alpha value is -1.34. The van der Waals surface area contributed by atoms with E-state index in [2.05, 4.69) is 37.4 Å². The first-order valence-corrected chi connectivity index (χ1v) is 5.74. The topological polar surface area (TPSA) is 9.23 Å². The summed E-state index contributed by atoms with van der Waals surface area (Å²) in [5.74, 6) is 0. The molecule has 0 N–H and O–H groups in total. The number of ether oxygens (including phenoxy) is 1. The van der Waals surface area contributed by atoms with Crippen LogP contribution in [-0.4, -0.2) is 12.7 Å². The molecule has 0 radical (unpaired) electrons. The highest BCUT2D eigenvalue weighted by Crippen LogP contribution is 2.10. The van der Waals surface area contributed by atoms with Gasteiger partial charge in [-0.1, -0.05) is 42.5 Å². The Morgan fingerprint density at radius 3 is 2.50 bits per heavy atom. The highest BCUT2D eigenvalue weighted by Gasteiger charge is 2.06. The second-order valence-electron chi connectivity index (χ2n) is 3.79. The Labute approximate surface area is 98.5 Å². The lowest BCUT2D eigenvalue weighted by atomic mass is 10.1. The summed E-state index contributed by atoms with van der Waals surface area (Å²) >= 11 is 0. The van der Waals surface area contributed by atoms with Crippen molar-refractivity contribution in [2.24, 2.45) is 0 Å². The van der Waals surface area contributed by atoms with Crippen molar-refractivity contribution >= 4 is 0 Å². The zero-order valence-electron chi connectivity index (χ0n) is 9.77. The summed E-state index contributed by atoms with van der Waals surface area (Å²) < 4.78 is 5.66. The highest BCUT2D eigenvalue weighted by molar-refractivity contribution is 5.14. The van der Waals surface area contributed by atoms with Gasteiger partial charge in [0, 0.05) is 0 Å². The van der Waals surface area contributed by atoms with Crippen LogP contribution in [0.2, 0.25) is 0 Å². The second-order valence-corrected chi connectivity index (χ2v) is 3.79. The van der Waals surface area contributed by atoms with Crippen molar-refractivity contribution in [2.45, 2.75) is 25.4 Å². The maximum atomic E-state index is 5.66. The molecule has 1 nitrogen and oxygen atoms in total. The monoisotopic (exact) mass is 216 g/mol. The molecule has 0 aliphatic rings. The van der Waals surface area contributed by atoms with Crippen LogP contribution in [0.1, 0.15) is 18.4 Å². The normalized spacial score (nSPS) is 12.0. The molecule has 0 bridgehead atoms. The molecule has 0 amide bonds. The van der Waals surface area contributed by atoms with Gasteiger partial charge in [-0.15, -0.1) is 13.2 Å². The van der Waals surface area contributed by atoms with E-state index in [4.69, 9.17) is 4.74 Å². The fourth-order valence-corrected chi connectivity index (χ4v) is 1.63. The van der Waals surface area contributed by atoms with E-state index in [9.17, 15) is 0 Å². The Bertz CT molecular complexity index is 302. The van der Waals surface area contributed by atoms with E-state index < -0.39 is 0 Å². The van der Waals surface area contributed by atoms with Crippen LogP contribution < -0.4 is 0 Å². The zero-order valence-corrected chi connectivity index (χ0v) is 9.77. The standard InChI is InChI=1S/C15H20O/c1-3-8-15(16-13-4-2)12-11-14-9-6-5-7-10-14/h3-7,9-10,15H,1-2,8,11-13H2/t15-/m0/s1. The molecule has 1 aromatic rings. The van der Waals surface area contributed by atoms with Gasteiger partial charge in [-0.05, 0) is 24.8 Å². The van der Waals surface area contributed by atoms with Gasteiger partial charge >= 0.3 is 0 Å². The van der Waals surface area contributed by atoms with Gasteiger partial charge in [0.15, 0.2) is 0 Å². The lowest BCUT2D eigenvalue weighted by Gasteiger charge is -2.15. The molecule has 0 aromatic heterocycles. The van der Waals surface area contributed by atoms with Gasteiger partial charge in [-0.25, -0.2) is 0 Å². The van der Waals surface area contributed by atoms with Crippen LogP contribution in [0.5, 0.6) is 0 Å². The minimum absolute atomic E-state index is 0.260. The number of rotatable bonds is 8. The molecule has 1 aromatic carbocycles. The van der Waals surface area contributed by atoms with Crippen LogP contribution in [0.4, 0.5) is 0 Å². The molecule has 0 aliphatic carbocycles. The SMILES string of the molecule is C=CCO[C@@H](CC=C)CCc1ccccc1. The minimum atomic E-state index is 0.260. The van der Waals surface area contributed by atoms with Gasteiger partial charge in [-0.2, -0.15) is 0 Å². The van der Waals surface area contributed by atoms with E-state index >= 15 is 0 Å². The second kappa shape index (κ2) is 7.89. The number of aryl methyl sites for hydroxylation is 1. The molecular formula is C15H20O. The fraction of sp³-hybridized carbons (Fsp3) is 0.333. The van der Waals surface area contributed by atoms with Gasteiger partial charge in [0.2, 0.25) is 0 Å². The summed E-state index contributed by atoms with van der Waals surface area (Å²) in [5, 5.41) is 0. The summed E-state index contributed by atoms with van der Waals surface area (Å²) in [6.07, 6.45) is 6.95. The quantitative estimate of drug-likeness (QED) is 0.601. The van der Waals surface area contributed by atoms with E-state index in [1.54, 1.807) is 6.08 Å². The van der Waals surface area contributed by atoms with Gasteiger partial charge in [-0.3, -0.25) is 0 Å². The third-order valence-electron chi connectivity index (χ3n) is 2.48. The zero-order chi connectivity index (χ0) is 11.6. The molecule has 16 heavy (non-hydrogen) atoms. The van der Waals surface area contributed by atoms with E-state index in [-0.39, 0.29) is 6.10 Å². The first kappa shape index (κ1) is 12.7. The van der Waals surface area contributed by atoms with Crippen LogP contribution in [0.3, 0.4) is 0 Å². The maximum absolute atomic E-state index is 5.66. The molecule has 1 rings (SSSR count). The molecule has 1 heteroatoms. The summed E-state index contributed by atoms with van der Waals surface area (Å²) in [5.41, 5.74) is 1.36. The summed E-state index contributed by atoms with van der Waals surface area (Å²) in [7, 11) is 0. The number of benzene rings is 1. The van der Waals surface area contributed by atoms with Gasteiger partial charge in [0.1, 0.15) is 0 Å². The van der Waals surface area contributed by atoms with E-state index in [1.807, 2.05) is 12.1 Å². The average Bonchev–Trinajstić information content (AvgIpc) is 2.34. The molecule has 1 atom stereocenters. The van der Waals surface area contributed by atoms with E-state index in [0.29, 0.717) is 6.61 Å². The van der Waals surface area contributed by atoms with Crippen LogP contribution in [0, 0.1) is 0 Å². The molecule has 0 saturated carbocycles. The van der Waals surface area contributed by atoms with Crippen molar-refractivity contribution in [1.29, 1.82) is 0 Å². The van der Waals surface area contributed by atoms with Crippen LogP contribution >= 0.6 is 0 Å². The molecule has 86 valence electrons. The first-order valence-electron chi connectivity index (χ1n) is 5.74. The molecule has 0 unspecified atom stereocenters. The number of hydrogen-bond donors (Lipinski definition) is 0. The lowest BCUT2D eigenvalue weighted by Crippen LogP contribution is -2.13. The van der Waals surface area contributed by atoms with Gasteiger partial charge in [0.25, 0.3) is 0 Å². The predicted octanol–water partition coefficient (Wildman–Crippen LogP) is 3.77. The van der Waals surface area contributed by atoms with Gasteiger partial charge < -0.3 is 4.74 Å². The van der Waals surface area contributed by atoms with Crippen LogP contribution in [0.25, 0.3) is 0 Å². The third kappa shape index (κ3) is 4.94. The molecule has 0 spiro atoms.